The minimum Gasteiger partial charge on any atom is -0.382 e. The Labute approximate surface area is 128 Å². The van der Waals surface area contributed by atoms with Gasteiger partial charge in [0.1, 0.15) is 5.82 Å². The molecule has 0 unspecified atom stereocenters. The first-order chi connectivity index (χ1) is 10.8. The summed E-state index contributed by atoms with van der Waals surface area (Å²) in [7, 11) is 0. The van der Waals surface area contributed by atoms with Crippen LogP contribution in [-0.4, -0.2) is 9.97 Å². The standard InChI is InChI=1S/C18H14N4/c19-11-14-6-8-15(9-7-14)17-12-21-18(20)16(22-17)10-13-4-2-1-3-5-13/h1-9,12H,10H2,(H2,20,21). The first-order valence-electron chi connectivity index (χ1n) is 6.92. The molecule has 0 saturated heterocycles. The van der Waals surface area contributed by atoms with Gasteiger partial charge < -0.3 is 5.73 Å². The van der Waals surface area contributed by atoms with Crippen molar-refractivity contribution in [3.8, 4) is 17.3 Å². The zero-order chi connectivity index (χ0) is 15.4. The first kappa shape index (κ1) is 13.8. The predicted molar refractivity (Wildman–Crippen MR) is 85.8 cm³/mol. The highest BCUT2D eigenvalue weighted by molar-refractivity contribution is 5.61. The number of nitrogens with zero attached hydrogens (tertiary/aromatic N) is 3. The van der Waals surface area contributed by atoms with Crippen LogP contribution >= 0.6 is 0 Å². The number of hydrogen-bond acceptors (Lipinski definition) is 4. The van der Waals surface area contributed by atoms with E-state index in [0.717, 1.165) is 22.5 Å². The Morgan fingerprint density at radius 2 is 1.73 bits per heavy atom. The van der Waals surface area contributed by atoms with Crippen LogP contribution in [0.2, 0.25) is 0 Å². The van der Waals surface area contributed by atoms with Crippen LogP contribution < -0.4 is 5.73 Å². The Bertz CT molecular complexity index is 818. The molecule has 0 aliphatic carbocycles. The van der Waals surface area contributed by atoms with Crippen LogP contribution in [0.25, 0.3) is 11.3 Å². The number of nitriles is 1. The normalized spacial score (nSPS) is 10.1. The molecule has 0 bridgehead atoms. The molecule has 0 spiro atoms. The van der Waals surface area contributed by atoms with Crippen LogP contribution in [0.5, 0.6) is 0 Å². The maximum absolute atomic E-state index is 8.85. The van der Waals surface area contributed by atoms with Crippen molar-refractivity contribution in [3.63, 3.8) is 0 Å². The van der Waals surface area contributed by atoms with Crippen LogP contribution in [-0.2, 0) is 6.42 Å². The molecule has 1 heterocycles. The lowest BCUT2D eigenvalue weighted by atomic mass is 10.1. The van der Waals surface area contributed by atoms with E-state index >= 15 is 0 Å². The topological polar surface area (TPSA) is 75.6 Å². The van der Waals surface area contributed by atoms with E-state index in [1.165, 1.54) is 0 Å². The van der Waals surface area contributed by atoms with Gasteiger partial charge in [0.15, 0.2) is 0 Å². The molecule has 106 valence electrons. The summed E-state index contributed by atoms with van der Waals surface area (Å²) in [6, 6.07) is 19.4. The van der Waals surface area contributed by atoms with Gasteiger partial charge in [-0.1, -0.05) is 42.5 Å². The Balaban J connectivity index is 1.93. The predicted octanol–water partition coefficient (Wildman–Crippen LogP) is 3.19. The second kappa shape index (κ2) is 6.06. The van der Waals surface area contributed by atoms with Crippen molar-refractivity contribution in [1.29, 1.82) is 5.26 Å². The lowest BCUT2D eigenvalue weighted by Gasteiger charge is -2.07. The molecule has 3 rings (SSSR count). The second-order valence-electron chi connectivity index (χ2n) is 4.94. The van der Waals surface area contributed by atoms with E-state index in [1.54, 1.807) is 18.3 Å². The van der Waals surface area contributed by atoms with Crippen molar-refractivity contribution in [1.82, 2.24) is 9.97 Å². The van der Waals surface area contributed by atoms with Crippen LogP contribution in [0.15, 0.2) is 60.8 Å². The zero-order valence-corrected chi connectivity index (χ0v) is 11.9. The fraction of sp³-hybridized carbons (Fsp3) is 0.0556. The van der Waals surface area contributed by atoms with Crippen LogP contribution in [0, 0.1) is 11.3 Å². The van der Waals surface area contributed by atoms with Crippen LogP contribution in [0.4, 0.5) is 5.82 Å². The lowest BCUT2D eigenvalue weighted by Crippen LogP contribution is -2.03. The molecule has 1 aromatic heterocycles. The van der Waals surface area contributed by atoms with E-state index in [4.69, 9.17) is 11.0 Å². The molecule has 0 radical (unpaired) electrons. The van der Waals surface area contributed by atoms with Crippen molar-refractivity contribution in [2.75, 3.05) is 5.73 Å². The third-order valence-corrected chi connectivity index (χ3v) is 3.40. The Morgan fingerprint density at radius 1 is 1.00 bits per heavy atom. The number of rotatable bonds is 3. The fourth-order valence-corrected chi connectivity index (χ4v) is 2.21. The minimum atomic E-state index is 0.446. The average molecular weight is 286 g/mol. The molecule has 0 saturated carbocycles. The summed E-state index contributed by atoms with van der Waals surface area (Å²) in [5.41, 5.74) is 10.1. The van der Waals surface area contributed by atoms with Gasteiger partial charge >= 0.3 is 0 Å². The van der Waals surface area contributed by atoms with Crippen molar-refractivity contribution in [2.24, 2.45) is 0 Å². The van der Waals surface area contributed by atoms with Gasteiger partial charge in [0, 0.05) is 12.0 Å². The SMILES string of the molecule is N#Cc1ccc(-c2cnc(N)c(Cc3ccccc3)n2)cc1. The summed E-state index contributed by atoms with van der Waals surface area (Å²) >= 11 is 0. The van der Waals surface area contributed by atoms with Crippen molar-refractivity contribution >= 4 is 5.82 Å². The van der Waals surface area contributed by atoms with Gasteiger partial charge in [0.2, 0.25) is 0 Å². The highest BCUT2D eigenvalue weighted by atomic mass is 14.9. The van der Waals surface area contributed by atoms with Gasteiger partial charge in [0.25, 0.3) is 0 Å². The van der Waals surface area contributed by atoms with Gasteiger partial charge in [-0.25, -0.2) is 9.97 Å². The van der Waals surface area contributed by atoms with Gasteiger partial charge in [0.05, 0.1) is 29.2 Å². The maximum atomic E-state index is 8.85. The molecule has 4 nitrogen and oxygen atoms in total. The molecule has 0 aliphatic rings. The van der Waals surface area contributed by atoms with Crippen molar-refractivity contribution < 1.29 is 0 Å². The van der Waals surface area contributed by atoms with E-state index in [2.05, 4.69) is 16.0 Å². The van der Waals surface area contributed by atoms with E-state index < -0.39 is 0 Å². The number of nitrogen functional groups attached to an aromatic ring is 1. The van der Waals surface area contributed by atoms with Crippen LogP contribution in [0.1, 0.15) is 16.8 Å². The zero-order valence-electron chi connectivity index (χ0n) is 11.9. The third-order valence-electron chi connectivity index (χ3n) is 3.40. The highest BCUT2D eigenvalue weighted by Gasteiger charge is 2.07. The minimum absolute atomic E-state index is 0.446. The summed E-state index contributed by atoms with van der Waals surface area (Å²) in [4.78, 5) is 8.87. The van der Waals surface area contributed by atoms with Gasteiger partial charge in [-0.15, -0.1) is 0 Å². The molecule has 3 aromatic rings. The highest BCUT2D eigenvalue weighted by Crippen LogP contribution is 2.20. The summed E-state index contributed by atoms with van der Waals surface area (Å²) in [5.74, 6) is 0.446. The number of nitrogens with two attached hydrogens (primary N) is 1. The molecule has 0 aliphatic heterocycles. The van der Waals surface area contributed by atoms with Gasteiger partial charge in [-0.05, 0) is 17.7 Å². The summed E-state index contributed by atoms with van der Waals surface area (Å²) < 4.78 is 0. The smallest absolute Gasteiger partial charge is 0.145 e. The molecular formula is C18H14N4. The number of aromatic nitrogens is 2. The Kier molecular flexibility index (Phi) is 3.80. The molecule has 0 amide bonds. The van der Waals surface area contributed by atoms with E-state index in [0.29, 0.717) is 17.8 Å². The van der Waals surface area contributed by atoms with Crippen molar-refractivity contribution in [2.45, 2.75) is 6.42 Å². The summed E-state index contributed by atoms with van der Waals surface area (Å²) in [5, 5.41) is 8.85. The monoisotopic (exact) mass is 286 g/mol. The molecule has 0 fully saturated rings. The van der Waals surface area contributed by atoms with Gasteiger partial charge in [-0.3, -0.25) is 0 Å². The van der Waals surface area contributed by atoms with E-state index in [-0.39, 0.29) is 0 Å². The largest absolute Gasteiger partial charge is 0.382 e. The van der Waals surface area contributed by atoms with Gasteiger partial charge in [-0.2, -0.15) is 5.26 Å². The third kappa shape index (κ3) is 2.94. The molecule has 22 heavy (non-hydrogen) atoms. The molecule has 4 heteroatoms. The second-order valence-corrected chi connectivity index (χ2v) is 4.94. The molecule has 2 N–H and O–H groups in total. The Morgan fingerprint density at radius 3 is 2.41 bits per heavy atom. The fourth-order valence-electron chi connectivity index (χ4n) is 2.21. The van der Waals surface area contributed by atoms with E-state index in [9.17, 15) is 0 Å². The van der Waals surface area contributed by atoms with Crippen molar-refractivity contribution in [3.05, 3.63) is 77.6 Å². The first-order valence-corrected chi connectivity index (χ1v) is 6.92. The summed E-state index contributed by atoms with van der Waals surface area (Å²) in [6.45, 7) is 0. The summed E-state index contributed by atoms with van der Waals surface area (Å²) in [6.07, 6.45) is 2.30. The number of benzene rings is 2. The van der Waals surface area contributed by atoms with E-state index in [1.807, 2.05) is 42.5 Å². The molecule has 0 atom stereocenters. The van der Waals surface area contributed by atoms with Crippen LogP contribution in [0.3, 0.4) is 0 Å². The number of anilines is 1. The maximum Gasteiger partial charge on any atom is 0.145 e. The average Bonchev–Trinajstić information content (AvgIpc) is 2.58. The lowest BCUT2D eigenvalue weighted by molar-refractivity contribution is 1.05. The molecule has 2 aromatic carbocycles. The number of hydrogen-bond donors (Lipinski definition) is 1. The molecular weight excluding hydrogens is 272 g/mol. The quantitative estimate of drug-likeness (QED) is 0.802. The Hall–Kier alpha value is -3.19.